The van der Waals surface area contributed by atoms with Crippen LogP contribution in [0.3, 0.4) is 0 Å². The molecule has 0 aliphatic carbocycles. The van der Waals surface area contributed by atoms with Crippen LogP contribution in [0.1, 0.15) is 34.1 Å². The highest BCUT2D eigenvalue weighted by atomic mass is 32.2. The van der Waals surface area contributed by atoms with Crippen LogP contribution in [0.2, 0.25) is 0 Å². The van der Waals surface area contributed by atoms with Crippen LogP contribution < -0.4 is 10.0 Å². The molecule has 150 valence electrons. The molecular weight excluding hydrogens is 356 g/mol. The molecule has 3 atom stereocenters. The predicted octanol–water partition coefficient (Wildman–Crippen LogP) is -0.382. The third kappa shape index (κ3) is 5.40. The Morgan fingerprint density at radius 1 is 1.23 bits per heavy atom. The summed E-state index contributed by atoms with van der Waals surface area (Å²) >= 11 is 0. The molecule has 0 spiro atoms. The van der Waals surface area contributed by atoms with E-state index in [9.17, 15) is 18.0 Å². The molecule has 0 bridgehead atoms. The lowest BCUT2D eigenvalue weighted by atomic mass is 10.0. The number of hydrogen-bond donors (Lipinski definition) is 2. The summed E-state index contributed by atoms with van der Waals surface area (Å²) in [6.45, 7) is 9.99. The quantitative estimate of drug-likeness (QED) is 0.619. The van der Waals surface area contributed by atoms with Gasteiger partial charge in [-0.3, -0.25) is 14.5 Å². The molecular formula is C17H32N4O4S. The van der Waals surface area contributed by atoms with Gasteiger partial charge in [0.25, 0.3) is 0 Å². The second-order valence-corrected chi connectivity index (χ2v) is 10.0. The van der Waals surface area contributed by atoms with Crippen molar-refractivity contribution >= 4 is 21.8 Å². The molecule has 2 heterocycles. The van der Waals surface area contributed by atoms with Gasteiger partial charge in [0.15, 0.2) is 0 Å². The number of sulfonamides is 1. The molecule has 0 aromatic heterocycles. The lowest BCUT2D eigenvalue weighted by molar-refractivity contribution is -0.144. The summed E-state index contributed by atoms with van der Waals surface area (Å²) < 4.78 is 25.7. The predicted molar refractivity (Wildman–Crippen MR) is 99.9 cm³/mol. The van der Waals surface area contributed by atoms with E-state index in [4.69, 9.17) is 0 Å². The fraction of sp³-hybridized carbons (Fsp3) is 0.882. The van der Waals surface area contributed by atoms with Crippen LogP contribution in [0.25, 0.3) is 0 Å². The van der Waals surface area contributed by atoms with Gasteiger partial charge in [0.2, 0.25) is 21.8 Å². The first-order valence-electron chi connectivity index (χ1n) is 9.27. The Morgan fingerprint density at radius 3 is 2.42 bits per heavy atom. The standard InChI is InChI=1S/C17H32N4O4S/c1-11(2)8-20-10-14-6-13(19-26(5,24)25)9-21(14)17(23)15(20)7-18-16(22)12(3)4/h11-15,19H,6-10H2,1-5H3,(H,18,22)/t13-,14-,15-/m0/s1. The van der Waals surface area contributed by atoms with E-state index in [2.05, 4.69) is 28.8 Å². The van der Waals surface area contributed by atoms with E-state index in [0.717, 1.165) is 12.8 Å². The highest BCUT2D eigenvalue weighted by molar-refractivity contribution is 7.88. The lowest BCUT2D eigenvalue weighted by Gasteiger charge is -2.43. The molecule has 9 heteroatoms. The molecule has 0 radical (unpaired) electrons. The molecule has 0 saturated carbocycles. The second-order valence-electron chi connectivity index (χ2n) is 8.23. The van der Waals surface area contributed by atoms with Crippen molar-refractivity contribution < 1.29 is 18.0 Å². The molecule has 0 unspecified atom stereocenters. The minimum atomic E-state index is -3.30. The minimum Gasteiger partial charge on any atom is -0.354 e. The van der Waals surface area contributed by atoms with Gasteiger partial charge in [-0.15, -0.1) is 0 Å². The van der Waals surface area contributed by atoms with Crippen molar-refractivity contribution in [3.8, 4) is 0 Å². The van der Waals surface area contributed by atoms with E-state index in [1.165, 1.54) is 0 Å². The Balaban J connectivity index is 2.11. The van der Waals surface area contributed by atoms with Gasteiger partial charge in [0.05, 0.1) is 6.26 Å². The van der Waals surface area contributed by atoms with Crippen molar-refractivity contribution in [2.45, 2.75) is 52.2 Å². The molecule has 2 amide bonds. The van der Waals surface area contributed by atoms with Crippen LogP contribution in [0, 0.1) is 11.8 Å². The molecule has 2 rings (SSSR count). The first-order chi connectivity index (χ1) is 12.0. The van der Waals surface area contributed by atoms with Crippen LogP contribution in [0.15, 0.2) is 0 Å². The van der Waals surface area contributed by atoms with Gasteiger partial charge in [-0.25, -0.2) is 13.1 Å². The first kappa shape index (κ1) is 21.1. The molecule has 8 nitrogen and oxygen atoms in total. The summed E-state index contributed by atoms with van der Waals surface area (Å²) in [7, 11) is -3.30. The number of hydrogen-bond acceptors (Lipinski definition) is 5. The fourth-order valence-electron chi connectivity index (χ4n) is 3.78. The molecule has 2 N–H and O–H groups in total. The van der Waals surface area contributed by atoms with Gasteiger partial charge in [-0.1, -0.05) is 27.7 Å². The SMILES string of the molecule is CC(C)CN1C[C@@H]2C[C@H](NS(C)(=O)=O)CN2C(=O)[C@@H]1CNC(=O)C(C)C. The highest BCUT2D eigenvalue weighted by Gasteiger charge is 2.45. The van der Waals surface area contributed by atoms with Crippen molar-refractivity contribution in [2.24, 2.45) is 11.8 Å². The maximum atomic E-state index is 13.0. The summed E-state index contributed by atoms with van der Waals surface area (Å²) in [6, 6.07) is -0.630. The van der Waals surface area contributed by atoms with E-state index in [0.29, 0.717) is 25.4 Å². The Bertz CT molecular complexity index is 635. The average Bonchev–Trinajstić information content (AvgIpc) is 2.86. The zero-order valence-corrected chi connectivity index (χ0v) is 17.2. The van der Waals surface area contributed by atoms with Crippen molar-refractivity contribution in [3.63, 3.8) is 0 Å². The van der Waals surface area contributed by atoms with Gasteiger partial charge in [0.1, 0.15) is 6.04 Å². The highest BCUT2D eigenvalue weighted by Crippen LogP contribution is 2.27. The Morgan fingerprint density at radius 2 is 1.88 bits per heavy atom. The Labute approximate surface area is 156 Å². The summed E-state index contributed by atoms with van der Waals surface area (Å²) in [5.41, 5.74) is 0. The van der Waals surface area contributed by atoms with Gasteiger partial charge in [-0.05, 0) is 12.3 Å². The van der Waals surface area contributed by atoms with Crippen LogP contribution in [0.5, 0.6) is 0 Å². The largest absolute Gasteiger partial charge is 0.354 e. The van der Waals surface area contributed by atoms with Crippen molar-refractivity contribution in [3.05, 3.63) is 0 Å². The third-order valence-corrected chi connectivity index (χ3v) is 5.60. The lowest BCUT2D eigenvalue weighted by Crippen LogP contribution is -2.63. The van der Waals surface area contributed by atoms with Gasteiger partial charge in [0, 0.05) is 44.2 Å². The van der Waals surface area contributed by atoms with E-state index in [1.807, 2.05) is 13.8 Å². The van der Waals surface area contributed by atoms with Crippen LogP contribution in [0.4, 0.5) is 0 Å². The fourth-order valence-corrected chi connectivity index (χ4v) is 4.56. The third-order valence-electron chi connectivity index (χ3n) is 4.84. The average molecular weight is 389 g/mol. The van der Waals surface area contributed by atoms with Gasteiger partial charge in [-0.2, -0.15) is 0 Å². The first-order valence-corrected chi connectivity index (χ1v) is 11.2. The minimum absolute atomic E-state index is 0.0116. The van der Waals surface area contributed by atoms with Gasteiger partial charge >= 0.3 is 0 Å². The van der Waals surface area contributed by atoms with E-state index in [-0.39, 0.29) is 36.4 Å². The molecule has 0 aromatic rings. The van der Waals surface area contributed by atoms with Crippen molar-refractivity contribution in [1.82, 2.24) is 19.8 Å². The Hall–Kier alpha value is -1.19. The number of rotatable bonds is 7. The zero-order valence-electron chi connectivity index (χ0n) is 16.4. The molecule has 0 aromatic carbocycles. The molecule has 2 aliphatic heterocycles. The molecule has 2 aliphatic rings. The van der Waals surface area contributed by atoms with Crippen LogP contribution in [-0.2, 0) is 19.6 Å². The second kappa shape index (κ2) is 8.22. The number of fused-ring (bicyclic) bond motifs is 1. The number of carbonyl (C=O) groups excluding carboxylic acids is 2. The maximum Gasteiger partial charge on any atom is 0.242 e. The van der Waals surface area contributed by atoms with Crippen molar-refractivity contribution in [1.29, 1.82) is 0 Å². The summed E-state index contributed by atoms with van der Waals surface area (Å²) in [4.78, 5) is 28.9. The summed E-state index contributed by atoms with van der Waals surface area (Å²) in [5.74, 6) is 0.172. The molecule has 2 fully saturated rings. The van der Waals surface area contributed by atoms with E-state index in [1.54, 1.807) is 4.90 Å². The number of carbonyl (C=O) groups is 2. The molecule has 26 heavy (non-hydrogen) atoms. The Kier molecular flexibility index (Phi) is 6.68. The maximum absolute atomic E-state index is 13.0. The van der Waals surface area contributed by atoms with Crippen LogP contribution >= 0.6 is 0 Å². The van der Waals surface area contributed by atoms with E-state index >= 15 is 0 Å². The topological polar surface area (TPSA) is 98.8 Å². The number of nitrogens with zero attached hydrogens (tertiary/aromatic N) is 2. The monoisotopic (exact) mass is 388 g/mol. The van der Waals surface area contributed by atoms with Crippen molar-refractivity contribution in [2.75, 3.05) is 32.4 Å². The summed E-state index contributed by atoms with van der Waals surface area (Å²) in [6.07, 6.45) is 1.76. The van der Waals surface area contributed by atoms with E-state index < -0.39 is 16.1 Å². The van der Waals surface area contributed by atoms with Gasteiger partial charge < -0.3 is 10.2 Å². The normalized spacial score (nSPS) is 27.3. The summed E-state index contributed by atoms with van der Waals surface area (Å²) in [5, 5.41) is 2.88. The number of piperazine rings is 1. The molecule has 2 saturated heterocycles. The van der Waals surface area contributed by atoms with Crippen LogP contribution in [-0.4, -0.2) is 80.6 Å². The zero-order chi connectivity index (χ0) is 19.6. The number of amides is 2. The number of nitrogens with one attached hydrogen (secondary N) is 2. The smallest absolute Gasteiger partial charge is 0.242 e.